The van der Waals surface area contributed by atoms with Crippen LogP contribution in [-0.4, -0.2) is 26.1 Å². The van der Waals surface area contributed by atoms with E-state index in [2.05, 4.69) is 27.2 Å². The van der Waals surface area contributed by atoms with Crippen LogP contribution in [0.3, 0.4) is 0 Å². The third kappa shape index (κ3) is 2.36. The molecule has 1 N–H and O–H groups in total. The fourth-order valence-electron chi connectivity index (χ4n) is 1.44. The maximum Gasteiger partial charge on any atom is 0.207 e. The Bertz CT molecular complexity index is 423. The largest absolute Gasteiger partial charge is 0.355 e. The second-order valence-electron chi connectivity index (χ2n) is 3.50. The Kier molecular flexibility index (Phi) is 3.48. The van der Waals surface area contributed by atoms with Gasteiger partial charge in [0.05, 0.1) is 18.1 Å². The molecule has 84 valence electrons. The lowest BCUT2D eigenvalue weighted by atomic mass is 10.3. The van der Waals surface area contributed by atoms with E-state index in [0.717, 1.165) is 24.6 Å². The quantitative estimate of drug-likeness (QED) is 0.777. The van der Waals surface area contributed by atoms with Crippen molar-refractivity contribution in [3.8, 4) is 5.69 Å². The highest BCUT2D eigenvalue weighted by molar-refractivity contribution is 5.38. The summed E-state index contributed by atoms with van der Waals surface area (Å²) in [5.41, 5.74) is 0.916. The average molecular weight is 217 g/mol. The van der Waals surface area contributed by atoms with E-state index in [1.807, 2.05) is 10.8 Å². The minimum Gasteiger partial charge on any atom is -0.355 e. The maximum atomic E-state index is 4.26. The van der Waals surface area contributed by atoms with Crippen molar-refractivity contribution in [2.75, 3.05) is 11.9 Å². The molecule has 2 rings (SSSR count). The molecule has 2 aromatic rings. The van der Waals surface area contributed by atoms with Crippen molar-refractivity contribution < 1.29 is 0 Å². The van der Waals surface area contributed by atoms with Crippen LogP contribution in [0, 0.1) is 0 Å². The molecule has 16 heavy (non-hydrogen) atoms. The van der Waals surface area contributed by atoms with Crippen molar-refractivity contribution in [3.63, 3.8) is 0 Å². The van der Waals surface area contributed by atoms with E-state index in [1.165, 1.54) is 12.7 Å². The number of nitrogens with one attached hydrogen (secondary N) is 1. The topological polar surface area (TPSA) is 55.6 Å². The van der Waals surface area contributed by atoms with Gasteiger partial charge in [-0.2, -0.15) is 0 Å². The van der Waals surface area contributed by atoms with E-state index >= 15 is 0 Å². The Labute approximate surface area is 94.6 Å². The van der Waals surface area contributed by atoms with Crippen molar-refractivity contribution in [2.24, 2.45) is 0 Å². The van der Waals surface area contributed by atoms with E-state index in [1.54, 1.807) is 18.6 Å². The standard InChI is InChI=1S/C11H15N5/c1-2-3-4-14-11-15-5-6-16(11)10-7-12-9-13-8-10/h5-9H,2-4H2,1H3,(H,14,15). The van der Waals surface area contributed by atoms with Crippen molar-refractivity contribution in [1.82, 2.24) is 19.5 Å². The lowest BCUT2D eigenvalue weighted by Gasteiger charge is -2.08. The Morgan fingerprint density at radius 3 is 2.88 bits per heavy atom. The molecule has 2 heterocycles. The molecule has 0 bridgehead atoms. The van der Waals surface area contributed by atoms with Gasteiger partial charge < -0.3 is 5.32 Å². The molecule has 0 fully saturated rings. The van der Waals surface area contributed by atoms with Crippen LogP contribution in [0.4, 0.5) is 5.95 Å². The van der Waals surface area contributed by atoms with Crippen molar-refractivity contribution in [3.05, 3.63) is 31.1 Å². The highest BCUT2D eigenvalue weighted by Gasteiger charge is 2.03. The molecule has 0 spiro atoms. The van der Waals surface area contributed by atoms with Gasteiger partial charge in [-0.25, -0.2) is 15.0 Å². The molecule has 0 aromatic carbocycles. The number of unbranched alkanes of at least 4 members (excludes halogenated alkanes) is 1. The molecule has 0 saturated heterocycles. The maximum absolute atomic E-state index is 4.26. The van der Waals surface area contributed by atoms with Gasteiger partial charge in [-0.05, 0) is 6.42 Å². The van der Waals surface area contributed by atoms with Gasteiger partial charge in [0.25, 0.3) is 0 Å². The van der Waals surface area contributed by atoms with Crippen LogP contribution >= 0.6 is 0 Å². The second-order valence-corrected chi connectivity index (χ2v) is 3.50. The number of anilines is 1. The molecule has 5 heteroatoms. The number of hydrogen-bond donors (Lipinski definition) is 1. The fourth-order valence-corrected chi connectivity index (χ4v) is 1.44. The number of nitrogens with zero attached hydrogens (tertiary/aromatic N) is 4. The smallest absolute Gasteiger partial charge is 0.207 e. The molecule has 0 saturated carbocycles. The zero-order valence-corrected chi connectivity index (χ0v) is 9.30. The molecule has 0 atom stereocenters. The van der Waals surface area contributed by atoms with E-state index in [-0.39, 0.29) is 0 Å². The first-order chi connectivity index (χ1) is 7.92. The average Bonchev–Trinajstić information content (AvgIpc) is 2.79. The summed E-state index contributed by atoms with van der Waals surface area (Å²) in [5.74, 6) is 0.836. The zero-order valence-electron chi connectivity index (χ0n) is 9.30. The molecular formula is C11H15N5. The van der Waals surface area contributed by atoms with Gasteiger partial charge in [0, 0.05) is 18.9 Å². The summed E-state index contributed by atoms with van der Waals surface area (Å²) in [6, 6.07) is 0. The molecule has 0 amide bonds. The predicted molar refractivity (Wildman–Crippen MR) is 62.6 cm³/mol. The van der Waals surface area contributed by atoms with Crippen LogP contribution < -0.4 is 5.32 Å². The van der Waals surface area contributed by atoms with E-state index in [9.17, 15) is 0 Å². The van der Waals surface area contributed by atoms with Gasteiger partial charge in [-0.1, -0.05) is 13.3 Å². The van der Waals surface area contributed by atoms with Crippen LogP contribution in [-0.2, 0) is 0 Å². The van der Waals surface area contributed by atoms with Gasteiger partial charge in [0.1, 0.15) is 6.33 Å². The Morgan fingerprint density at radius 2 is 2.12 bits per heavy atom. The molecule has 0 aliphatic carbocycles. The van der Waals surface area contributed by atoms with Gasteiger partial charge in [-0.3, -0.25) is 4.57 Å². The third-order valence-corrected chi connectivity index (χ3v) is 2.28. The number of aromatic nitrogens is 4. The van der Waals surface area contributed by atoms with E-state index in [4.69, 9.17) is 0 Å². The zero-order chi connectivity index (χ0) is 11.2. The number of rotatable bonds is 5. The van der Waals surface area contributed by atoms with Crippen LogP contribution in [0.5, 0.6) is 0 Å². The molecular weight excluding hydrogens is 202 g/mol. The van der Waals surface area contributed by atoms with Crippen molar-refractivity contribution >= 4 is 5.95 Å². The minimum atomic E-state index is 0.836. The lowest BCUT2D eigenvalue weighted by Crippen LogP contribution is -2.07. The Hall–Kier alpha value is -1.91. The summed E-state index contributed by atoms with van der Waals surface area (Å²) in [7, 11) is 0. The van der Waals surface area contributed by atoms with E-state index < -0.39 is 0 Å². The summed E-state index contributed by atoms with van der Waals surface area (Å²) in [6.07, 6.45) is 11.0. The highest BCUT2D eigenvalue weighted by Crippen LogP contribution is 2.11. The third-order valence-electron chi connectivity index (χ3n) is 2.28. The summed E-state index contributed by atoms with van der Waals surface area (Å²) >= 11 is 0. The van der Waals surface area contributed by atoms with Crippen molar-refractivity contribution in [2.45, 2.75) is 19.8 Å². The summed E-state index contributed by atoms with van der Waals surface area (Å²) in [4.78, 5) is 12.2. The molecule has 2 aromatic heterocycles. The molecule has 5 nitrogen and oxygen atoms in total. The van der Waals surface area contributed by atoms with Gasteiger partial charge in [0.15, 0.2) is 0 Å². The molecule has 0 aliphatic rings. The first-order valence-electron chi connectivity index (χ1n) is 5.44. The van der Waals surface area contributed by atoms with Crippen LogP contribution in [0.2, 0.25) is 0 Å². The first-order valence-corrected chi connectivity index (χ1v) is 5.44. The summed E-state index contributed by atoms with van der Waals surface area (Å²) in [6.45, 7) is 3.10. The lowest BCUT2D eigenvalue weighted by molar-refractivity contribution is 0.822. The Morgan fingerprint density at radius 1 is 1.31 bits per heavy atom. The monoisotopic (exact) mass is 217 g/mol. The predicted octanol–water partition coefficient (Wildman–Crippen LogP) is 1.87. The van der Waals surface area contributed by atoms with Crippen molar-refractivity contribution in [1.29, 1.82) is 0 Å². The minimum absolute atomic E-state index is 0.836. The summed E-state index contributed by atoms with van der Waals surface area (Å²) < 4.78 is 1.94. The van der Waals surface area contributed by atoms with Gasteiger partial charge >= 0.3 is 0 Å². The molecule has 0 unspecified atom stereocenters. The van der Waals surface area contributed by atoms with Crippen LogP contribution in [0.1, 0.15) is 19.8 Å². The number of imidazole rings is 1. The fraction of sp³-hybridized carbons (Fsp3) is 0.364. The number of hydrogen-bond acceptors (Lipinski definition) is 4. The molecule has 0 radical (unpaired) electrons. The van der Waals surface area contributed by atoms with Gasteiger partial charge in [-0.15, -0.1) is 0 Å². The molecule has 0 aliphatic heterocycles. The Balaban J connectivity index is 2.13. The second kappa shape index (κ2) is 5.25. The van der Waals surface area contributed by atoms with Crippen LogP contribution in [0.15, 0.2) is 31.1 Å². The SMILES string of the molecule is CCCCNc1nccn1-c1cncnc1. The van der Waals surface area contributed by atoms with E-state index in [0.29, 0.717) is 0 Å². The first kappa shape index (κ1) is 10.6. The van der Waals surface area contributed by atoms with Gasteiger partial charge in [0.2, 0.25) is 5.95 Å². The highest BCUT2D eigenvalue weighted by atomic mass is 15.2. The normalized spacial score (nSPS) is 10.3. The summed E-state index contributed by atoms with van der Waals surface area (Å²) in [5, 5.41) is 3.29. The van der Waals surface area contributed by atoms with Crippen LogP contribution in [0.25, 0.3) is 5.69 Å².